The summed E-state index contributed by atoms with van der Waals surface area (Å²) >= 11 is 0. The fourth-order valence-corrected chi connectivity index (χ4v) is 0. The Hall–Kier alpha value is 3.10. The minimum absolute atomic E-state index is 0. The van der Waals surface area contributed by atoms with Crippen molar-refractivity contribution in [3.8, 4) is 0 Å². The first-order chi connectivity index (χ1) is 0. The second kappa shape index (κ2) is 16.5. The summed E-state index contributed by atoms with van der Waals surface area (Å²) in [5, 5.41) is 0. The number of hydrogen-bond donors (Lipinski definition) is 0. The Morgan fingerprint density at radius 3 is 0.750 bits per heavy atom. The zero-order chi connectivity index (χ0) is 0. The van der Waals surface area contributed by atoms with Gasteiger partial charge in [0.05, 0.1) is 0 Å². The molecule has 0 heterocycles. The Labute approximate surface area is 93.5 Å². The Balaban J connectivity index is 0. The summed E-state index contributed by atoms with van der Waals surface area (Å²) in [4.78, 5) is 0. The minimum Gasteiger partial charge on any atom is 0 e. The summed E-state index contributed by atoms with van der Waals surface area (Å²) in [5.41, 5.74) is 0. The molecule has 0 aromatic rings. The van der Waals surface area contributed by atoms with Crippen LogP contribution in [0.4, 0.5) is 0 Å². The first-order valence-electron chi connectivity index (χ1n) is 0. The smallest absolute Gasteiger partial charge is 0 e. The summed E-state index contributed by atoms with van der Waals surface area (Å²) in [5.74, 6) is 0. The molecule has 0 bridgehead atoms. The summed E-state index contributed by atoms with van der Waals surface area (Å²) in [6, 6.07) is 0. The van der Waals surface area contributed by atoms with E-state index in [2.05, 4.69) is 0 Å². The average molecular weight is 426 g/mol. The van der Waals surface area contributed by atoms with Gasteiger partial charge in [0.25, 0.3) is 0 Å². The van der Waals surface area contributed by atoms with Gasteiger partial charge >= 0.3 is 0 Å². The summed E-state index contributed by atoms with van der Waals surface area (Å²) in [6.07, 6.45) is 0. The van der Waals surface area contributed by atoms with Crippen LogP contribution >= 0.6 is 0 Å². The predicted octanol–water partition coefficient (Wildman–Crippen LogP) is -0.00750. The molecule has 0 aliphatic rings. The van der Waals surface area contributed by atoms with Crippen molar-refractivity contribution >= 4 is 0 Å². The van der Waals surface area contributed by atoms with E-state index in [9.17, 15) is 0 Å². The van der Waals surface area contributed by atoms with Gasteiger partial charge in [-0.25, -0.2) is 0 Å². The van der Waals surface area contributed by atoms with Crippen LogP contribution in [-0.2, 0) is 58.6 Å². The Morgan fingerprint density at radius 2 is 0.750 bits per heavy atom. The third kappa shape index (κ3) is 8.92. The summed E-state index contributed by atoms with van der Waals surface area (Å²) in [6.45, 7) is 0. The molecule has 0 spiro atoms. The zero-order valence-electron chi connectivity index (χ0n) is 1.39. The van der Waals surface area contributed by atoms with Crippen molar-refractivity contribution in [1.29, 1.82) is 0 Å². The molecule has 0 saturated heterocycles. The first-order valence-corrected chi connectivity index (χ1v) is 0. The van der Waals surface area contributed by atoms with Crippen molar-refractivity contribution in [3.63, 3.8) is 0 Å². The van der Waals surface area contributed by atoms with Gasteiger partial charge in [0, 0.05) is 95.5 Å². The molecule has 0 atom stereocenters. The summed E-state index contributed by atoms with van der Waals surface area (Å²) in [7, 11) is 0. The van der Waals surface area contributed by atoms with Gasteiger partial charge in [-0.1, -0.05) is 0 Å². The molecule has 0 fully saturated rings. The van der Waals surface area contributed by atoms with Gasteiger partial charge in [0.2, 0.25) is 0 Å². The maximum atomic E-state index is 0. The average Bonchev–Trinajstić information content (AvgIpc) is 0. The van der Waals surface area contributed by atoms with E-state index < -0.39 is 0 Å². The maximum absolute atomic E-state index is 0. The SMILES string of the molecule is [Lu].[Mo].[Mo].[Ni]. The Kier molecular flexibility index (Phi) is 113. The topological polar surface area (TPSA) is 0 Å². The number of hydrogen-bond acceptors (Lipinski definition) is 0. The molecule has 37 valence electrons. The van der Waals surface area contributed by atoms with E-state index in [0.29, 0.717) is 0 Å². The monoisotopic (exact) mass is 429 g/mol. The van der Waals surface area contributed by atoms with Crippen LogP contribution in [-0.4, -0.2) is 0 Å². The van der Waals surface area contributed by atoms with Gasteiger partial charge in [0.1, 0.15) is 0 Å². The van der Waals surface area contributed by atoms with Gasteiger partial charge in [-0.15, -0.1) is 0 Å². The normalized spacial score (nSPS) is 0. The van der Waals surface area contributed by atoms with Gasteiger partial charge in [-0.2, -0.15) is 0 Å². The van der Waals surface area contributed by atoms with Crippen LogP contribution in [0, 0.1) is 36.9 Å². The van der Waals surface area contributed by atoms with Gasteiger partial charge < -0.3 is 0 Å². The van der Waals surface area contributed by atoms with E-state index in [0.717, 1.165) is 0 Å². The van der Waals surface area contributed by atoms with Crippen molar-refractivity contribution < 1.29 is 95.5 Å². The molecular formula is LuMo2Ni. The van der Waals surface area contributed by atoms with Crippen molar-refractivity contribution in [2.45, 2.75) is 0 Å². The second-order valence-corrected chi connectivity index (χ2v) is 0. The van der Waals surface area contributed by atoms with E-state index in [1.54, 1.807) is 0 Å². The molecule has 4 heavy (non-hydrogen) atoms. The van der Waals surface area contributed by atoms with E-state index in [1.165, 1.54) is 0 Å². The van der Waals surface area contributed by atoms with Crippen LogP contribution in [0.15, 0.2) is 0 Å². The van der Waals surface area contributed by atoms with E-state index >= 15 is 0 Å². The standard InChI is InChI=1S/Lu.2Mo.Ni. The predicted molar refractivity (Wildman–Crippen MR) is 0 cm³/mol. The molecule has 0 amide bonds. The molecule has 1 radical (unpaired) electrons. The third-order valence-corrected chi connectivity index (χ3v) is 0. The number of rotatable bonds is 0. The fourth-order valence-electron chi connectivity index (χ4n) is 0. The molecule has 0 aliphatic heterocycles. The zero-order valence-corrected chi connectivity index (χ0v) is 8.05. The molecule has 0 rings (SSSR count). The van der Waals surface area contributed by atoms with Crippen LogP contribution in [0.5, 0.6) is 0 Å². The second-order valence-electron chi connectivity index (χ2n) is 0. The summed E-state index contributed by atoms with van der Waals surface area (Å²) < 4.78 is 0. The minimum atomic E-state index is 0. The molecule has 0 N–H and O–H groups in total. The van der Waals surface area contributed by atoms with Crippen molar-refractivity contribution in [1.82, 2.24) is 0 Å². The first kappa shape index (κ1) is 27.5. The van der Waals surface area contributed by atoms with Gasteiger partial charge in [-0.3, -0.25) is 0 Å². The third-order valence-electron chi connectivity index (χ3n) is 0. The van der Waals surface area contributed by atoms with Crippen LogP contribution in [0.25, 0.3) is 0 Å². The molecule has 0 aromatic carbocycles. The largest absolute Gasteiger partial charge is 0 e. The van der Waals surface area contributed by atoms with E-state index in [-0.39, 0.29) is 95.5 Å². The molecular weight excluding hydrogens is 426 g/mol. The molecule has 0 aliphatic carbocycles. The van der Waals surface area contributed by atoms with Crippen molar-refractivity contribution in [2.75, 3.05) is 0 Å². The molecule has 0 aromatic heterocycles. The van der Waals surface area contributed by atoms with Crippen LogP contribution in [0.1, 0.15) is 0 Å². The van der Waals surface area contributed by atoms with Crippen molar-refractivity contribution in [3.05, 3.63) is 0 Å². The van der Waals surface area contributed by atoms with Crippen LogP contribution < -0.4 is 0 Å². The molecule has 0 unspecified atom stereocenters. The molecule has 4 heteroatoms. The fraction of sp³-hybridized carbons (Fsp3) is 0. The van der Waals surface area contributed by atoms with Crippen molar-refractivity contribution in [2.24, 2.45) is 0 Å². The maximum Gasteiger partial charge on any atom is 0 e. The van der Waals surface area contributed by atoms with E-state index in [1.807, 2.05) is 0 Å². The van der Waals surface area contributed by atoms with E-state index in [4.69, 9.17) is 0 Å². The molecule has 0 saturated carbocycles. The van der Waals surface area contributed by atoms with Crippen LogP contribution in [0.2, 0.25) is 0 Å². The Morgan fingerprint density at radius 1 is 0.750 bits per heavy atom. The van der Waals surface area contributed by atoms with Gasteiger partial charge in [-0.05, 0) is 0 Å². The molecule has 0 nitrogen and oxygen atoms in total. The quantitative estimate of drug-likeness (QED) is 0.479. The van der Waals surface area contributed by atoms with Gasteiger partial charge in [0.15, 0.2) is 0 Å². The Bertz CT molecular complexity index is 6.00. The van der Waals surface area contributed by atoms with Crippen LogP contribution in [0.3, 0.4) is 0 Å².